The van der Waals surface area contributed by atoms with Crippen molar-refractivity contribution in [3.05, 3.63) is 29.8 Å². The maximum atomic E-state index is 10.3. The third-order valence-corrected chi connectivity index (χ3v) is 1.72. The molecular formula is C10H14N2O. The van der Waals surface area contributed by atoms with Crippen molar-refractivity contribution in [1.29, 1.82) is 0 Å². The predicted octanol–water partition coefficient (Wildman–Crippen LogP) is 1.32. The molecule has 3 nitrogen and oxygen atoms in total. The Balaban J connectivity index is 2.83. The smallest absolute Gasteiger partial charge is 0.211 e. The van der Waals surface area contributed by atoms with E-state index in [-0.39, 0.29) is 0 Å². The van der Waals surface area contributed by atoms with Gasteiger partial charge in [0.2, 0.25) is 6.41 Å². The van der Waals surface area contributed by atoms with Crippen molar-refractivity contribution < 1.29 is 4.79 Å². The Labute approximate surface area is 78.4 Å². The van der Waals surface area contributed by atoms with Crippen LogP contribution in [0.15, 0.2) is 24.3 Å². The van der Waals surface area contributed by atoms with Crippen LogP contribution in [0, 0.1) is 0 Å². The molecule has 0 radical (unpaired) electrons. The van der Waals surface area contributed by atoms with Crippen molar-refractivity contribution in [3.63, 3.8) is 0 Å². The summed E-state index contributed by atoms with van der Waals surface area (Å²) in [4.78, 5) is 12.3. The number of carbonyl (C=O) groups is 1. The summed E-state index contributed by atoms with van der Waals surface area (Å²) >= 11 is 0. The van der Waals surface area contributed by atoms with Crippen LogP contribution in [0.2, 0.25) is 0 Å². The quantitative estimate of drug-likeness (QED) is 0.705. The fourth-order valence-corrected chi connectivity index (χ4v) is 1.20. The van der Waals surface area contributed by atoms with Gasteiger partial charge in [-0.15, -0.1) is 0 Å². The van der Waals surface area contributed by atoms with Crippen LogP contribution in [0.25, 0.3) is 0 Å². The Morgan fingerprint density at radius 3 is 2.69 bits per heavy atom. The second-order valence-electron chi connectivity index (χ2n) is 3.16. The highest BCUT2D eigenvalue weighted by Gasteiger charge is 2.00. The van der Waals surface area contributed by atoms with Crippen molar-refractivity contribution >= 4 is 12.1 Å². The third kappa shape index (κ3) is 2.87. The lowest BCUT2D eigenvalue weighted by Crippen LogP contribution is -2.12. The van der Waals surface area contributed by atoms with E-state index in [2.05, 4.69) is 10.2 Å². The maximum Gasteiger partial charge on any atom is 0.211 e. The van der Waals surface area contributed by atoms with Crippen molar-refractivity contribution in [2.75, 3.05) is 19.4 Å². The van der Waals surface area contributed by atoms with Gasteiger partial charge in [0.1, 0.15) is 0 Å². The molecule has 0 atom stereocenters. The SMILES string of the molecule is CN(C)Cc1ccccc1NC=O. The Hall–Kier alpha value is -1.35. The number of hydrogen-bond donors (Lipinski definition) is 1. The molecule has 0 saturated heterocycles. The van der Waals surface area contributed by atoms with Crippen LogP contribution in [0.1, 0.15) is 5.56 Å². The zero-order chi connectivity index (χ0) is 9.68. The first kappa shape index (κ1) is 9.74. The first-order valence-electron chi connectivity index (χ1n) is 4.17. The molecule has 0 heterocycles. The molecule has 1 aromatic carbocycles. The van der Waals surface area contributed by atoms with Crippen LogP contribution >= 0.6 is 0 Å². The summed E-state index contributed by atoms with van der Waals surface area (Å²) in [6.07, 6.45) is 0.703. The lowest BCUT2D eigenvalue weighted by Gasteiger charge is -2.12. The molecular weight excluding hydrogens is 164 g/mol. The maximum absolute atomic E-state index is 10.3. The monoisotopic (exact) mass is 178 g/mol. The molecule has 3 heteroatoms. The van der Waals surface area contributed by atoms with Crippen molar-refractivity contribution in [2.45, 2.75) is 6.54 Å². The standard InChI is InChI=1S/C10H14N2O/c1-12(2)7-9-5-3-4-6-10(9)11-8-13/h3-6,8H,7H2,1-2H3,(H,11,13). The Morgan fingerprint density at radius 2 is 2.08 bits per heavy atom. The number of nitrogens with zero attached hydrogens (tertiary/aromatic N) is 1. The van der Waals surface area contributed by atoms with Gasteiger partial charge in [-0.05, 0) is 25.7 Å². The number of carbonyl (C=O) groups excluding carboxylic acids is 1. The highest BCUT2D eigenvalue weighted by atomic mass is 16.1. The van der Waals surface area contributed by atoms with E-state index in [1.54, 1.807) is 0 Å². The summed E-state index contributed by atoms with van der Waals surface area (Å²) in [5.74, 6) is 0. The summed E-state index contributed by atoms with van der Waals surface area (Å²) in [7, 11) is 4.00. The fraction of sp³-hybridized carbons (Fsp3) is 0.300. The number of amides is 1. The van der Waals surface area contributed by atoms with E-state index in [9.17, 15) is 4.79 Å². The number of rotatable bonds is 4. The van der Waals surface area contributed by atoms with E-state index in [1.165, 1.54) is 0 Å². The van der Waals surface area contributed by atoms with Crippen LogP contribution in [0.3, 0.4) is 0 Å². The molecule has 1 rings (SSSR count). The lowest BCUT2D eigenvalue weighted by atomic mass is 10.1. The van der Waals surface area contributed by atoms with Crippen LogP contribution in [-0.4, -0.2) is 25.4 Å². The van der Waals surface area contributed by atoms with E-state index in [0.717, 1.165) is 17.8 Å². The van der Waals surface area contributed by atoms with Crippen LogP contribution in [-0.2, 0) is 11.3 Å². The number of hydrogen-bond acceptors (Lipinski definition) is 2. The first-order chi connectivity index (χ1) is 6.24. The normalized spacial score (nSPS) is 10.1. The predicted molar refractivity (Wildman–Crippen MR) is 53.5 cm³/mol. The molecule has 0 unspecified atom stereocenters. The van der Waals surface area contributed by atoms with Gasteiger partial charge in [-0.2, -0.15) is 0 Å². The Morgan fingerprint density at radius 1 is 1.38 bits per heavy atom. The van der Waals surface area contributed by atoms with Crippen LogP contribution in [0.5, 0.6) is 0 Å². The van der Waals surface area contributed by atoms with Gasteiger partial charge < -0.3 is 10.2 Å². The van der Waals surface area contributed by atoms with E-state index in [1.807, 2.05) is 38.4 Å². The summed E-state index contributed by atoms with van der Waals surface area (Å²) < 4.78 is 0. The van der Waals surface area contributed by atoms with Crippen molar-refractivity contribution in [1.82, 2.24) is 4.90 Å². The third-order valence-electron chi connectivity index (χ3n) is 1.72. The summed E-state index contributed by atoms with van der Waals surface area (Å²) in [6.45, 7) is 0.830. The van der Waals surface area contributed by atoms with E-state index < -0.39 is 0 Å². The number of para-hydroxylation sites is 1. The second-order valence-corrected chi connectivity index (χ2v) is 3.16. The van der Waals surface area contributed by atoms with Gasteiger partial charge >= 0.3 is 0 Å². The molecule has 0 aliphatic heterocycles. The number of anilines is 1. The first-order valence-corrected chi connectivity index (χ1v) is 4.17. The molecule has 1 N–H and O–H groups in total. The summed E-state index contributed by atoms with van der Waals surface area (Å²) in [5.41, 5.74) is 2.01. The van der Waals surface area contributed by atoms with E-state index in [0.29, 0.717) is 6.41 Å². The minimum Gasteiger partial charge on any atom is -0.328 e. The van der Waals surface area contributed by atoms with Crippen LogP contribution in [0.4, 0.5) is 5.69 Å². The van der Waals surface area contributed by atoms with Gasteiger partial charge in [0, 0.05) is 12.2 Å². The summed E-state index contributed by atoms with van der Waals surface area (Å²) in [5, 5.41) is 2.67. The van der Waals surface area contributed by atoms with E-state index >= 15 is 0 Å². The van der Waals surface area contributed by atoms with Gasteiger partial charge in [0.25, 0.3) is 0 Å². The fourth-order valence-electron chi connectivity index (χ4n) is 1.20. The zero-order valence-electron chi connectivity index (χ0n) is 7.95. The van der Waals surface area contributed by atoms with Crippen molar-refractivity contribution in [3.8, 4) is 0 Å². The Bertz CT molecular complexity index is 284. The second kappa shape index (κ2) is 4.62. The highest BCUT2D eigenvalue weighted by Crippen LogP contribution is 2.14. The molecule has 0 aliphatic rings. The molecule has 13 heavy (non-hydrogen) atoms. The molecule has 0 bridgehead atoms. The molecule has 0 aliphatic carbocycles. The number of nitrogens with one attached hydrogen (secondary N) is 1. The molecule has 70 valence electrons. The Kier molecular flexibility index (Phi) is 3.46. The minimum absolute atomic E-state index is 0.703. The molecule has 0 saturated carbocycles. The van der Waals surface area contributed by atoms with Gasteiger partial charge in [0.05, 0.1) is 0 Å². The van der Waals surface area contributed by atoms with Gasteiger partial charge in [-0.3, -0.25) is 4.79 Å². The average Bonchev–Trinajstić information content (AvgIpc) is 2.08. The minimum atomic E-state index is 0.703. The molecule has 1 aromatic rings. The van der Waals surface area contributed by atoms with Crippen LogP contribution < -0.4 is 5.32 Å². The number of benzene rings is 1. The lowest BCUT2D eigenvalue weighted by molar-refractivity contribution is -0.105. The zero-order valence-corrected chi connectivity index (χ0v) is 7.95. The van der Waals surface area contributed by atoms with E-state index in [4.69, 9.17) is 0 Å². The average molecular weight is 178 g/mol. The topological polar surface area (TPSA) is 32.3 Å². The molecule has 1 amide bonds. The molecule has 0 spiro atoms. The highest BCUT2D eigenvalue weighted by molar-refractivity contribution is 5.73. The van der Waals surface area contributed by atoms with Gasteiger partial charge in [-0.1, -0.05) is 18.2 Å². The largest absolute Gasteiger partial charge is 0.328 e. The summed E-state index contributed by atoms with van der Waals surface area (Å²) in [6, 6.07) is 7.78. The van der Waals surface area contributed by atoms with Gasteiger partial charge in [-0.25, -0.2) is 0 Å². The molecule has 0 fully saturated rings. The van der Waals surface area contributed by atoms with Gasteiger partial charge in [0.15, 0.2) is 0 Å². The van der Waals surface area contributed by atoms with Crippen molar-refractivity contribution in [2.24, 2.45) is 0 Å². The molecule has 0 aromatic heterocycles.